The summed E-state index contributed by atoms with van der Waals surface area (Å²) < 4.78 is 13.8. The maximum atomic E-state index is 12.2. The van der Waals surface area contributed by atoms with E-state index < -0.39 is 0 Å². The van der Waals surface area contributed by atoms with E-state index in [1.165, 1.54) is 11.8 Å². The van der Waals surface area contributed by atoms with Crippen molar-refractivity contribution in [1.29, 1.82) is 0 Å². The van der Waals surface area contributed by atoms with Gasteiger partial charge in [-0.3, -0.25) is 14.2 Å². The summed E-state index contributed by atoms with van der Waals surface area (Å²) in [5.74, 6) is 0.0220. The van der Waals surface area contributed by atoms with Crippen molar-refractivity contribution >= 4 is 11.6 Å². The van der Waals surface area contributed by atoms with Gasteiger partial charge in [0.2, 0.25) is 5.88 Å². The Morgan fingerprint density at radius 3 is 3.10 bits per heavy atom. The third kappa shape index (κ3) is 2.75. The van der Waals surface area contributed by atoms with E-state index in [0.29, 0.717) is 23.7 Å². The molecule has 0 bridgehead atoms. The average Bonchev–Trinajstić information content (AvgIpc) is 3.16. The van der Waals surface area contributed by atoms with E-state index in [2.05, 4.69) is 15.5 Å². The van der Waals surface area contributed by atoms with Gasteiger partial charge in [0, 0.05) is 26.0 Å². The summed E-state index contributed by atoms with van der Waals surface area (Å²) in [6.07, 6.45) is 5.98. The second-order valence-corrected chi connectivity index (χ2v) is 4.91. The van der Waals surface area contributed by atoms with Crippen molar-refractivity contribution in [3.63, 3.8) is 0 Å². The van der Waals surface area contributed by atoms with Crippen LogP contribution in [-0.2, 0) is 11.8 Å². The van der Waals surface area contributed by atoms with Crippen molar-refractivity contribution in [2.24, 2.45) is 7.05 Å². The van der Waals surface area contributed by atoms with E-state index in [-0.39, 0.29) is 11.9 Å². The van der Waals surface area contributed by atoms with Crippen LogP contribution in [0.4, 0.5) is 5.69 Å². The van der Waals surface area contributed by atoms with Crippen LogP contribution in [0.5, 0.6) is 5.88 Å². The summed E-state index contributed by atoms with van der Waals surface area (Å²) in [6, 6.07) is 0.239. The third-order valence-corrected chi connectivity index (χ3v) is 3.37. The van der Waals surface area contributed by atoms with Gasteiger partial charge in [-0.05, 0) is 6.42 Å². The van der Waals surface area contributed by atoms with Crippen LogP contribution < -0.4 is 10.1 Å². The molecule has 8 heteroatoms. The molecule has 2 aromatic heterocycles. The predicted octanol–water partition coefficient (Wildman–Crippen LogP) is 0.839. The van der Waals surface area contributed by atoms with Crippen LogP contribution in [0.1, 0.15) is 22.8 Å². The van der Waals surface area contributed by atoms with Crippen LogP contribution in [0.3, 0.4) is 0 Å². The molecule has 1 aliphatic heterocycles. The number of hydrogen-bond donors (Lipinski definition) is 1. The number of ether oxygens (including phenoxy) is 2. The molecule has 0 saturated carbocycles. The van der Waals surface area contributed by atoms with E-state index in [0.717, 1.165) is 13.0 Å². The highest BCUT2D eigenvalue weighted by atomic mass is 16.5. The first-order chi connectivity index (χ1) is 10.2. The standard InChI is InChI=1S/C13H17N5O3/c1-17-7-11(13(16-17)20-2)12(19)15-9-5-14-18(6-9)10-3-4-21-8-10/h5-7,10H,3-4,8H2,1-2H3,(H,15,19)/t10-/m1/s1. The Bertz CT molecular complexity index is 642. The van der Waals surface area contributed by atoms with Crippen LogP contribution in [-0.4, -0.2) is 45.8 Å². The minimum Gasteiger partial charge on any atom is -0.479 e. The number of nitrogens with zero attached hydrogens (tertiary/aromatic N) is 4. The van der Waals surface area contributed by atoms with Crippen molar-refractivity contribution in [3.05, 3.63) is 24.2 Å². The van der Waals surface area contributed by atoms with Crippen molar-refractivity contribution in [3.8, 4) is 5.88 Å². The molecule has 1 amide bonds. The summed E-state index contributed by atoms with van der Waals surface area (Å²) >= 11 is 0. The van der Waals surface area contributed by atoms with Crippen LogP contribution in [0, 0.1) is 0 Å². The van der Waals surface area contributed by atoms with Crippen molar-refractivity contribution in [2.75, 3.05) is 25.6 Å². The maximum absolute atomic E-state index is 12.2. The lowest BCUT2D eigenvalue weighted by Gasteiger charge is -2.06. The molecule has 1 atom stereocenters. The summed E-state index contributed by atoms with van der Waals surface area (Å²) in [6.45, 7) is 1.41. The number of hydrogen-bond acceptors (Lipinski definition) is 5. The van der Waals surface area contributed by atoms with Gasteiger partial charge in [-0.1, -0.05) is 0 Å². The lowest BCUT2D eigenvalue weighted by molar-refractivity contribution is 0.102. The fourth-order valence-electron chi connectivity index (χ4n) is 2.31. The first-order valence-electron chi connectivity index (χ1n) is 6.68. The Labute approximate surface area is 121 Å². The summed E-state index contributed by atoms with van der Waals surface area (Å²) in [5, 5.41) is 11.1. The molecule has 112 valence electrons. The molecule has 1 aliphatic rings. The molecule has 21 heavy (non-hydrogen) atoms. The van der Waals surface area contributed by atoms with Gasteiger partial charge in [-0.15, -0.1) is 5.10 Å². The Morgan fingerprint density at radius 2 is 2.38 bits per heavy atom. The summed E-state index contributed by atoms with van der Waals surface area (Å²) in [7, 11) is 3.22. The molecular weight excluding hydrogens is 274 g/mol. The highest BCUT2D eigenvalue weighted by Crippen LogP contribution is 2.21. The fraction of sp³-hybridized carbons (Fsp3) is 0.462. The van der Waals surface area contributed by atoms with Gasteiger partial charge in [0.25, 0.3) is 5.91 Å². The molecule has 0 radical (unpaired) electrons. The Hall–Kier alpha value is -2.35. The lowest BCUT2D eigenvalue weighted by Crippen LogP contribution is -2.12. The van der Waals surface area contributed by atoms with E-state index in [1.807, 2.05) is 4.68 Å². The van der Waals surface area contributed by atoms with E-state index in [4.69, 9.17) is 9.47 Å². The summed E-state index contributed by atoms with van der Waals surface area (Å²) in [4.78, 5) is 12.2. The highest BCUT2D eigenvalue weighted by Gasteiger charge is 2.20. The molecule has 0 aromatic carbocycles. The van der Waals surface area contributed by atoms with Gasteiger partial charge >= 0.3 is 0 Å². The van der Waals surface area contributed by atoms with Crippen molar-refractivity contribution < 1.29 is 14.3 Å². The van der Waals surface area contributed by atoms with Crippen molar-refractivity contribution in [2.45, 2.75) is 12.5 Å². The zero-order chi connectivity index (χ0) is 14.8. The van der Waals surface area contributed by atoms with E-state index in [9.17, 15) is 4.79 Å². The zero-order valence-corrected chi connectivity index (χ0v) is 11.9. The average molecular weight is 291 g/mol. The molecule has 0 aliphatic carbocycles. The quantitative estimate of drug-likeness (QED) is 0.902. The number of amides is 1. The van der Waals surface area contributed by atoms with Gasteiger partial charge in [-0.2, -0.15) is 5.10 Å². The predicted molar refractivity (Wildman–Crippen MR) is 74.4 cm³/mol. The molecule has 0 spiro atoms. The molecule has 2 aromatic rings. The molecule has 3 rings (SSSR count). The Kier molecular flexibility index (Phi) is 3.61. The molecule has 1 fully saturated rings. The largest absolute Gasteiger partial charge is 0.479 e. The number of anilines is 1. The molecule has 1 saturated heterocycles. The topological polar surface area (TPSA) is 83.2 Å². The Morgan fingerprint density at radius 1 is 1.52 bits per heavy atom. The molecule has 8 nitrogen and oxygen atoms in total. The smallest absolute Gasteiger partial charge is 0.262 e. The van der Waals surface area contributed by atoms with E-state index in [1.54, 1.807) is 25.6 Å². The van der Waals surface area contributed by atoms with Crippen LogP contribution in [0.25, 0.3) is 0 Å². The van der Waals surface area contributed by atoms with Gasteiger partial charge in [0.1, 0.15) is 5.56 Å². The normalized spacial score (nSPS) is 17.9. The Balaban J connectivity index is 1.72. The second-order valence-electron chi connectivity index (χ2n) is 4.91. The first kappa shape index (κ1) is 13.6. The fourth-order valence-corrected chi connectivity index (χ4v) is 2.31. The van der Waals surface area contributed by atoms with E-state index >= 15 is 0 Å². The minimum atomic E-state index is -0.276. The van der Waals surface area contributed by atoms with Gasteiger partial charge < -0.3 is 14.8 Å². The lowest BCUT2D eigenvalue weighted by atomic mass is 10.3. The van der Waals surface area contributed by atoms with Crippen LogP contribution >= 0.6 is 0 Å². The maximum Gasteiger partial charge on any atom is 0.262 e. The highest BCUT2D eigenvalue weighted by molar-refractivity contribution is 6.05. The number of carbonyl (C=O) groups excluding carboxylic acids is 1. The van der Waals surface area contributed by atoms with Gasteiger partial charge in [0.05, 0.1) is 31.6 Å². The monoisotopic (exact) mass is 291 g/mol. The molecular formula is C13H17N5O3. The van der Waals surface area contributed by atoms with Gasteiger partial charge in [0.15, 0.2) is 0 Å². The zero-order valence-electron chi connectivity index (χ0n) is 11.9. The number of methoxy groups -OCH3 is 1. The second kappa shape index (κ2) is 5.57. The number of nitrogens with one attached hydrogen (secondary N) is 1. The molecule has 3 heterocycles. The SMILES string of the molecule is COc1nn(C)cc1C(=O)Nc1cnn([C@@H]2CCOC2)c1. The van der Waals surface area contributed by atoms with Crippen LogP contribution in [0.2, 0.25) is 0 Å². The summed E-state index contributed by atoms with van der Waals surface area (Å²) in [5.41, 5.74) is 1.02. The number of carbonyl (C=O) groups is 1. The van der Waals surface area contributed by atoms with Gasteiger partial charge in [-0.25, -0.2) is 0 Å². The van der Waals surface area contributed by atoms with Crippen molar-refractivity contribution in [1.82, 2.24) is 19.6 Å². The minimum absolute atomic E-state index is 0.239. The molecule has 1 N–H and O–H groups in total. The van der Waals surface area contributed by atoms with Crippen LogP contribution in [0.15, 0.2) is 18.6 Å². The third-order valence-electron chi connectivity index (χ3n) is 3.37. The molecule has 0 unspecified atom stereocenters. The number of aryl methyl sites for hydroxylation is 1. The number of rotatable bonds is 4. The number of aromatic nitrogens is 4. The first-order valence-corrected chi connectivity index (χ1v) is 6.68.